The zero-order valence-corrected chi connectivity index (χ0v) is 15.6. The number of likely N-dealkylation sites (N-methyl/N-ethyl adjacent to an activating group) is 1. The molecule has 24 heavy (non-hydrogen) atoms. The zero-order valence-electron chi connectivity index (χ0n) is 13.9. The van der Waals surface area contributed by atoms with Gasteiger partial charge in [0.15, 0.2) is 15.3 Å². The van der Waals surface area contributed by atoms with Crippen molar-refractivity contribution in [1.29, 1.82) is 0 Å². The monoisotopic (exact) mass is 372 g/mol. The van der Waals surface area contributed by atoms with Crippen molar-refractivity contribution < 1.29 is 17.9 Å². The number of amides is 1. The summed E-state index contributed by atoms with van der Waals surface area (Å²) >= 11 is 4.35. The van der Waals surface area contributed by atoms with Gasteiger partial charge in [0, 0.05) is 37.7 Å². The van der Waals surface area contributed by atoms with Gasteiger partial charge in [0.05, 0.1) is 0 Å². The molecule has 3 atom stereocenters. The van der Waals surface area contributed by atoms with E-state index in [1.54, 1.807) is 7.05 Å². The Bertz CT molecular complexity index is 651. The molecule has 1 unspecified atom stereocenters. The Labute approximate surface area is 148 Å². The first kappa shape index (κ1) is 19.2. The Morgan fingerprint density at radius 1 is 1.42 bits per heavy atom. The molecule has 1 amide bonds. The first-order valence-corrected chi connectivity index (χ1v) is 10.2. The molecule has 1 saturated heterocycles. The number of sulfone groups is 1. The smallest absolute Gasteiger partial charge is 0.248 e. The van der Waals surface area contributed by atoms with Gasteiger partial charge >= 0.3 is 0 Å². The highest BCUT2D eigenvalue weighted by Gasteiger charge is 2.36. The third-order valence-electron chi connectivity index (χ3n) is 3.95. The summed E-state index contributed by atoms with van der Waals surface area (Å²) in [6.45, 7) is 0.814. The maximum absolute atomic E-state index is 12.2. The van der Waals surface area contributed by atoms with Crippen LogP contribution < -0.4 is 5.32 Å². The van der Waals surface area contributed by atoms with Crippen molar-refractivity contribution in [2.75, 3.05) is 26.5 Å². The lowest BCUT2D eigenvalue weighted by atomic mass is 10.2. The molecule has 1 aromatic carbocycles. The van der Waals surface area contributed by atoms with Crippen molar-refractivity contribution >= 4 is 28.4 Å². The second-order valence-electron chi connectivity index (χ2n) is 6.15. The lowest BCUT2D eigenvalue weighted by Crippen LogP contribution is -2.44. The lowest BCUT2D eigenvalue weighted by Gasteiger charge is -2.24. The van der Waals surface area contributed by atoms with Gasteiger partial charge in [-0.05, 0) is 12.0 Å². The minimum atomic E-state index is -3.44. The van der Waals surface area contributed by atoms with Gasteiger partial charge < -0.3 is 15.0 Å². The Morgan fingerprint density at radius 3 is 2.62 bits per heavy atom. The second kappa shape index (κ2) is 8.33. The fraction of sp³-hybridized carbons (Fsp3) is 0.562. The molecule has 0 spiro atoms. The standard InChI is InChI=1S/C16H24N2O4S2/c1-18(10-12-6-4-3-5-7-12)15(19)11-22-16(24(2,20)21)14-8-13(23)9-17-14/h3-7,13-14,16-17,23H,8-11H2,1-2H3/t13-,14+,16?/m1/s1. The minimum Gasteiger partial charge on any atom is -0.351 e. The Hall–Kier alpha value is -1.09. The molecule has 1 aliphatic rings. The summed E-state index contributed by atoms with van der Waals surface area (Å²) in [5, 5.41) is 3.20. The molecular weight excluding hydrogens is 348 g/mol. The minimum absolute atomic E-state index is 0.0966. The highest BCUT2D eigenvalue weighted by Crippen LogP contribution is 2.20. The van der Waals surface area contributed by atoms with Gasteiger partial charge in [0.1, 0.15) is 6.61 Å². The Morgan fingerprint density at radius 2 is 2.08 bits per heavy atom. The molecule has 1 fully saturated rings. The number of carbonyl (C=O) groups is 1. The van der Waals surface area contributed by atoms with Crippen LogP contribution in [0.3, 0.4) is 0 Å². The van der Waals surface area contributed by atoms with E-state index in [0.717, 1.165) is 11.8 Å². The van der Waals surface area contributed by atoms with Crippen LogP contribution in [0.4, 0.5) is 0 Å². The number of nitrogens with one attached hydrogen (secondary N) is 1. The molecule has 0 radical (unpaired) electrons. The normalized spacial score (nSPS) is 22.3. The third kappa shape index (κ3) is 5.47. The van der Waals surface area contributed by atoms with Crippen LogP contribution >= 0.6 is 12.6 Å². The molecule has 8 heteroatoms. The van der Waals surface area contributed by atoms with Gasteiger partial charge in [0.25, 0.3) is 0 Å². The van der Waals surface area contributed by atoms with Crippen molar-refractivity contribution in [3.63, 3.8) is 0 Å². The zero-order chi connectivity index (χ0) is 17.7. The van der Waals surface area contributed by atoms with Crippen molar-refractivity contribution in [2.24, 2.45) is 0 Å². The molecule has 1 aromatic rings. The van der Waals surface area contributed by atoms with E-state index in [4.69, 9.17) is 4.74 Å². The summed E-state index contributed by atoms with van der Waals surface area (Å²) in [7, 11) is -1.77. The number of thiol groups is 1. The van der Waals surface area contributed by atoms with Gasteiger partial charge in [-0.1, -0.05) is 30.3 Å². The summed E-state index contributed by atoms with van der Waals surface area (Å²) in [4.78, 5) is 13.8. The first-order valence-electron chi connectivity index (χ1n) is 7.77. The van der Waals surface area contributed by atoms with Crippen LogP contribution in [0.5, 0.6) is 0 Å². The van der Waals surface area contributed by atoms with E-state index in [-0.39, 0.29) is 23.8 Å². The average molecular weight is 373 g/mol. The van der Waals surface area contributed by atoms with Crippen LogP contribution in [0.15, 0.2) is 30.3 Å². The van der Waals surface area contributed by atoms with Crippen molar-refractivity contribution in [3.05, 3.63) is 35.9 Å². The SMILES string of the molecule is CN(Cc1ccccc1)C(=O)COC([C@@H]1C[C@@H](S)CN1)S(C)(=O)=O. The molecule has 6 nitrogen and oxygen atoms in total. The number of hydrogen-bond acceptors (Lipinski definition) is 6. The molecule has 134 valence electrons. The summed E-state index contributed by atoms with van der Waals surface area (Å²) in [5.74, 6) is -0.257. The summed E-state index contributed by atoms with van der Waals surface area (Å²) in [5.41, 5.74) is -0.0351. The summed E-state index contributed by atoms with van der Waals surface area (Å²) in [6.07, 6.45) is 1.72. The number of ether oxygens (including phenoxy) is 1. The number of carbonyl (C=O) groups excluding carboxylic acids is 1. The first-order chi connectivity index (χ1) is 11.3. The fourth-order valence-electron chi connectivity index (χ4n) is 2.70. The molecule has 1 heterocycles. The van der Waals surface area contributed by atoms with Gasteiger partial charge in [-0.3, -0.25) is 4.79 Å². The Kier molecular flexibility index (Phi) is 6.68. The van der Waals surface area contributed by atoms with Crippen LogP contribution in [0.1, 0.15) is 12.0 Å². The predicted octanol–water partition coefficient (Wildman–Crippen LogP) is 0.693. The highest BCUT2D eigenvalue weighted by molar-refractivity contribution is 7.91. The van der Waals surface area contributed by atoms with Gasteiger partial charge in [-0.25, -0.2) is 8.42 Å². The summed E-state index contributed by atoms with van der Waals surface area (Å²) in [6, 6.07) is 9.24. The van der Waals surface area contributed by atoms with Crippen LogP contribution in [-0.4, -0.2) is 62.4 Å². The number of hydrogen-bond donors (Lipinski definition) is 2. The van der Waals surface area contributed by atoms with Crippen molar-refractivity contribution in [1.82, 2.24) is 10.2 Å². The fourth-order valence-corrected chi connectivity index (χ4v) is 4.15. The van der Waals surface area contributed by atoms with Gasteiger partial charge in [-0.2, -0.15) is 12.6 Å². The van der Waals surface area contributed by atoms with Crippen molar-refractivity contribution in [2.45, 2.75) is 29.7 Å². The number of benzene rings is 1. The maximum Gasteiger partial charge on any atom is 0.248 e. The van der Waals surface area contributed by atoms with Gasteiger partial charge in [0.2, 0.25) is 5.91 Å². The molecule has 1 N–H and O–H groups in total. The Balaban J connectivity index is 1.92. The van der Waals surface area contributed by atoms with Crippen LogP contribution in [0, 0.1) is 0 Å². The highest BCUT2D eigenvalue weighted by atomic mass is 32.2. The predicted molar refractivity (Wildman–Crippen MR) is 96.7 cm³/mol. The second-order valence-corrected chi connectivity index (χ2v) is 9.00. The molecule has 0 aliphatic carbocycles. The quantitative estimate of drug-likeness (QED) is 0.689. The van der Waals surface area contributed by atoms with Crippen LogP contribution in [0.2, 0.25) is 0 Å². The van der Waals surface area contributed by atoms with E-state index in [2.05, 4.69) is 17.9 Å². The molecular formula is C16H24N2O4S2. The number of rotatable bonds is 7. The molecule has 2 rings (SSSR count). The van der Waals surface area contributed by atoms with E-state index < -0.39 is 15.3 Å². The number of nitrogens with zero attached hydrogens (tertiary/aromatic N) is 1. The molecule has 0 bridgehead atoms. The van der Waals surface area contributed by atoms with E-state index in [0.29, 0.717) is 19.5 Å². The van der Waals surface area contributed by atoms with Gasteiger partial charge in [-0.15, -0.1) is 0 Å². The molecule has 0 saturated carbocycles. The van der Waals surface area contributed by atoms with Crippen LogP contribution in [0.25, 0.3) is 0 Å². The summed E-state index contributed by atoms with van der Waals surface area (Å²) < 4.78 is 29.5. The topological polar surface area (TPSA) is 75.7 Å². The largest absolute Gasteiger partial charge is 0.351 e. The van der Waals surface area contributed by atoms with E-state index in [1.807, 2.05) is 30.3 Å². The average Bonchev–Trinajstić information content (AvgIpc) is 2.93. The van der Waals surface area contributed by atoms with Crippen molar-refractivity contribution in [3.8, 4) is 0 Å². The third-order valence-corrected chi connectivity index (χ3v) is 5.65. The van der Waals surface area contributed by atoms with E-state index in [9.17, 15) is 13.2 Å². The lowest BCUT2D eigenvalue weighted by molar-refractivity contribution is -0.136. The maximum atomic E-state index is 12.2. The molecule has 1 aliphatic heterocycles. The van der Waals surface area contributed by atoms with Crippen LogP contribution in [-0.2, 0) is 25.9 Å². The van der Waals surface area contributed by atoms with E-state index in [1.165, 1.54) is 4.90 Å². The molecule has 0 aromatic heterocycles. The van der Waals surface area contributed by atoms with E-state index >= 15 is 0 Å².